The van der Waals surface area contributed by atoms with Crippen LogP contribution in [0.2, 0.25) is 0 Å². The summed E-state index contributed by atoms with van der Waals surface area (Å²) >= 11 is 1.27. The third-order valence-corrected chi connectivity index (χ3v) is 5.17. The number of hydrogen-bond acceptors (Lipinski definition) is 7. The Morgan fingerprint density at radius 1 is 1.10 bits per heavy atom. The van der Waals surface area contributed by atoms with Crippen LogP contribution in [0.4, 0.5) is 0 Å². The summed E-state index contributed by atoms with van der Waals surface area (Å²) in [5.74, 6) is 1.37. The number of aromatic nitrogens is 3. The summed E-state index contributed by atoms with van der Waals surface area (Å²) in [5.41, 5.74) is 1.41. The van der Waals surface area contributed by atoms with E-state index in [4.69, 9.17) is 9.47 Å². The van der Waals surface area contributed by atoms with E-state index in [-0.39, 0.29) is 11.5 Å². The molecule has 0 spiro atoms. The number of thiazole rings is 1. The maximum absolute atomic E-state index is 12.7. The van der Waals surface area contributed by atoms with Gasteiger partial charge in [0.05, 0.1) is 11.1 Å². The summed E-state index contributed by atoms with van der Waals surface area (Å²) in [4.78, 5) is 28.7. The molecule has 0 saturated carbocycles. The van der Waals surface area contributed by atoms with Crippen molar-refractivity contribution in [1.29, 1.82) is 0 Å². The van der Waals surface area contributed by atoms with Crippen molar-refractivity contribution in [2.24, 2.45) is 0 Å². The topological polar surface area (TPSA) is 82.8 Å². The van der Waals surface area contributed by atoms with Crippen LogP contribution in [0.15, 0.2) is 53.3 Å². The molecular formula is C22H19N3O4S. The quantitative estimate of drug-likeness (QED) is 0.351. The number of benzene rings is 2. The molecule has 0 fully saturated rings. The number of ether oxygens (including phenoxy) is 2. The van der Waals surface area contributed by atoms with Crippen LogP contribution in [-0.4, -0.2) is 27.2 Å². The van der Waals surface area contributed by atoms with Gasteiger partial charge in [0.15, 0.2) is 5.82 Å². The van der Waals surface area contributed by atoms with E-state index in [2.05, 4.69) is 17.0 Å². The summed E-state index contributed by atoms with van der Waals surface area (Å²) in [6.07, 6.45) is 2.71. The molecule has 0 bridgehead atoms. The molecular weight excluding hydrogens is 402 g/mol. The molecule has 0 amide bonds. The molecule has 7 nitrogen and oxygen atoms in total. The number of nitrogens with zero attached hydrogens (tertiary/aromatic N) is 3. The lowest BCUT2D eigenvalue weighted by Crippen LogP contribution is -2.23. The van der Waals surface area contributed by atoms with Crippen molar-refractivity contribution in [1.82, 2.24) is 14.6 Å². The Morgan fingerprint density at radius 2 is 1.80 bits per heavy atom. The van der Waals surface area contributed by atoms with Crippen LogP contribution in [0.5, 0.6) is 11.5 Å². The van der Waals surface area contributed by atoms with Crippen molar-refractivity contribution in [3.8, 4) is 22.9 Å². The number of hydrogen-bond donors (Lipinski definition) is 0. The van der Waals surface area contributed by atoms with Crippen LogP contribution in [-0.2, 0) is 4.79 Å². The van der Waals surface area contributed by atoms with Crippen molar-refractivity contribution in [3.63, 3.8) is 0 Å². The zero-order valence-corrected chi connectivity index (χ0v) is 17.3. The van der Waals surface area contributed by atoms with Gasteiger partial charge in [0.2, 0.25) is 4.96 Å². The highest BCUT2D eigenvalue weighted by atomic mass is 32.1. The number of carbonyl (C=O) groups excluding carboxylic acids is 1. The van der Waals surface area contributed by atoms with Gasteiger partial charge in [-0.1, -0.05) is 30.4 Å². The second kappa shape index (κ2) is 8.46. The van der Waals surface area contributed by atoms with Crippen molar-refractivity contribution in [3.05, 3.63) is 69.0 Å². The van der Waals surface area contributed by atoms with E-state index >= 15 is 0 Å². The Bertz CT molecular complexity index is 1290. The molecule has 152 valence electrons. The number of carbonyl (C=O) groups is 1. The van der Waals surface area contributed by atoms with E-state index in [9.17, 15) is 9.59 Å². The average Bonchev–Trinajstić information content (AvgIpc) is 3.27. The molecule has 0 aliphatic carbocycles. The Morgan fingerprint density at radius 3 is 2.43 bits per heavy atom. The predicted octanol–water partition coefficient (Wildman–Crippen LogP) is 3.08. The smallest absolute Gasteiger partial charge is 0.308 e. The number of rotatable bonds is 6. The van der Waals surface area contributed by atoms with Crippen LogP contribution in [0.1, 0.15) is 25.8 Å². The van der Waals surface area contributed by atoms with Crippen molar-refractivity contribution in [2.45, 2.75) is 20.3 Å². The molecule has 2 aromatic heterocycles. The maximum atomic E-state index is 12.7. The van der Waals surface area contributed by atoms with E-state index in [1.54, 1.807) is 30.3 Å². The predicted molar refractivity (Wildman–Crippen MR) is 115 cm³/mol. The number of esters is 1. The molecule has 0 saturated heterocycles. The summed E-state index contributed by atoms with van der Waals surface area (Å²) in [6.45, 7) is 4.07. The van der Waals surface area contributed by atoms with E-state index in [1.165, 1.54) is 22.8 Å². The average molecular weight is 421 g/mol. The fourth-order valence-electron chi connectivity index (χ4n) is 2.83. The molecule has 0 atom stereocenters. The molecule has 2 aromatic carbocycles. The van der Waals surface area contributed by atoms with Gasteiger partial charge in [-0.05, 0) is 54.5 Å². The first kappa shape index (κ1) is 19.8. The first-order chi connectivity index (χ1) is 14.5. The van der Waals surface area contributed by atoms with Crippen LogP contribution in [0.25, 0.3) is 22.4 Å². The zero-order chi connectivity index (χ0) is 21.1. The third kappa shape index (κ3) is 4.23. The molecule has 0 N–H and O–H groups in total. The van der Waals surface area contributed by atoms with E-state index < -0.39 is 0 Å². The molecule has 2 heterocycles. The minimum absolute atomic E-state index is 0.222. The molecule has 0 unspecified atom stereocenters. The SMILES string of the molecule is CCCOc1ccc(-c2nc3s/c(=C\c4ccc(OC(C)=O)cc4)c(=O)n3n2)cc1. The second-order valence-corrected chi connectivity index (χ2v) is 7.59. The van der Waals surface area contributed by atoms with Crippen LogP contribution in [0, 0.1) is 0 Å². The van der Waals surface area contributed by atoms with Gasteiger partial charge in [0, 0.05) is 12.5 Å². The van der Waals surface area contributed by atoms with E-state index in [0.29, 0.717) is 27.7 Å². The summed E-state index contributed by atoms with van der Waals surface area (Å²) in [6, 6.07) is 14.4. The van der Waals surface area contributed by atoms with Crippen LogP contribution >= 0.6 is 11.3 Å². The monoisotopic (exact) mass is 421 g/mol. The van der Waals surface area contributed by atoms with Gasteiger partial charge in [-0.2, -0.15) is 9.50 Å². The van der Waals surface area contributed by atoms with Gasteiger partial charge in [0.25, 0.3) is 5.56 Å². The minimum atomic E-state index is -0.377. The van der Waals surface area contributed by atoms with Crippen molar-refractivity contribution < 1.29 is 14.3 Å². The maximum Gasteiger partial charge on any atom is 0.308 e. The first-order valence-corrected chi connectivity index (χ1v) is 10.3. The van der Waals surface area contributed by atoms with E-state index in [0.717, 1.165) is 23.3 Å². The van der Waals surface area contributed by atoms with Gasteiger partial charge in [-0.3, -0.25) is 9.59 Å². The summed E-state index contributed by atoms with van der Waals surface area (Å²) < 4.78 is 12.4. The highest BCUT2D eigenvalue weighted by Gasteiger charge is 2.12. The largest absolute Gasteiger partial charge is 0.494 e. The standard InChI is InChI=1S/C22H19N3O4S/c1-3-12-28-17-10-6-16(7-11-17)20-23-22-25(24-20)21(27)19(30-22)13-15-4-8-18(9-5-15)29-14(2)26/h4-11,13H,3,12H2,1-2H3/b19-13-. The van der Waals surface area contributed by atoms with Gasteiger partial charge in [-0.25, -0.2) is 0 Å². The highest BCUT2D eigenvalue weighted by Crippen LogP contribution is 2.20. The fourth-order valence-corrected chi connectivity index (χ4v) is 3.73. The Balaban J connectivity index is 1.60. The summed E-state index contributed by atoms with van der Waals surface area (Å²) in [5, 5.41) is 4.37. The zero-order valence-electron chi connectivity index (χ0n) is 16.5. The molecule has 0 radical (unpaired) electrons. The molecule has 0 aliphatic rings. The van der Waals surface area contributed by atoms with Gasteiger partial charge >= 0.3 is 5.97 Å². The van der Waals surface area contributed by atoms with Gasteiger partial charge in [-0.15, -0.1) is 5.10 Å². The first-order valence-electron chi connectivity index (χ1n) is 9.46. The Labute approximate surface area is 176 Å². The lowest BCUT2D eigenvalue weighted by atomic mass is 10.2. The summed E-state index contributed by atoms with van der Waals surface area (Å²) in [7, 11) is 0. The lowest BCUT2D eigenvalue weighted by Gasteiger charge is -2.04. The lowest BCUT2D eigenvalue weighted by molar-refractivity contribution is -0.131. The molecule has 4 rings (SSSR count). The Kier molecular flexibility index (Phi) is 5.58. The van der Waals surface area contributed by atoms with Gasteiger partial charge in [0.1, 0.15) is 11.5 Å². The molecule has 4 aromatic rings. The van der Waals surface area contributed by atoms with Crippen LogP contribution in [0.3, 0.4) is 0 Å². The third-order valence-electron chi connectivity index (χ3n) is 4.21. The highest BCUT2D eigenvalue weighted by molar-refractivity contribution is 7.15. The molecule has 30 heavy (non-hydrogen) atoms. The normalized spacial score (nSPS) is 11.7. The van der Waals surface area contributed by atoms with Crippen LogP contribution < -0.4 is 19.6 Å². The fraction of sp³-hybridized carbons (Fsp3) is 0.182. The number of fused-ring (bicyclic) bond motifs is 1. The Hall–Kier alpha value is -3.52. The molecule has 0 aliphatic heterocycles. The minimum Gasteiger partial charge on any atom is -0.494 e. The van der Waals surface area contributed by atoms with Gasteiger partial charge < -0.3 is 9.47 Å². The van der Waals surface area contributed by atoms with Crippen molar-refractivity contribution in [2.75, 3.05) is 6.61 Å². The molecule has 8 heteroatoms. The van der Waals surface area contributed by atoms with E-state index in [1.807, 2.05) is 24.3 Å². The second-order valence-electron chi connectivity index (χ2n) is 6.58. The van der Waals surface area contributed by atoms with Crippen molar-refractivity contribution >= 4 is 28.3 Å².